The number of nitrogens with one attached hydrogen (secondary N) is 1. The molecule has 1 aliphatic heterocycles. The van der Waals surface area contributed by atoms with Gasteiger partial charge in [-0.25, -0.2) is 0 Å². The second-order valence-electron chi connectivity index (χ2n) is 5.10. The number of methoxy groups -OCH3 is 1. The van der Waals surface area contributed by atoms with Crippen LogP contribution >= 0.6 is 0 Å². The molecule has 1 aliphatic rings. The molecule has 1 N–H and O–H groups in total. The third-order valence-corrected chi connectivity index (χ3v) is 3.72. The molecule has 20 heavy (non-hydrogen) atoms. The van der Waals surface area contributed by atoms with Gasteiger partial charge in [0.25, 0.3) is 0 Å². The van der Waals surface area contributed by atoms with Gasteiger partial charge in [-0.2, -0.15) is 0 Å². The van der Waals surface area contributed by atoms with Gasteiger partial charge in [0.2, 0.25) is 5.95 Å². The Kier molecular flexibility index (Phi) is 3.85. The van der Waals surface area contributed by atoms with E-state index < -0.39 is 0 Å². The topological polar surface area (TPSA) is 52.0 Å². The van der Waals surface area contributed by atoms with Crippen molar-refractivity contribution in [1.82, 2.24) is 14.8 Å². The van der Waals surface area contributed by atoms with Crippen molar-refractivity contribution < 1.29 is 4.74 Å². The predicted octanol–water partition coefficient (Wildman–Crippen LogP) is 2.63. The molecule has 0 saturated heterocycles. The Morgan fingerprint density at radius 1 is 1.15 bits per heavy atom. The fourth-order valence-corrected chi connectivity index (χ4v) is 2.54. The number of nitrogens with zero attached hydrogens (tertiary/aromatic N) is 3. The van der Waals surface area contributed by atoms with Crippen LogP contribution in [0.4, 0.5) is 5.95 Å². The van der Waals surface area contributed by atoms with Gasteiger partial charge >= 0.3 is 0 Å². The predicted molar refractivity (Wildman–Crippen MR) is 77.9 cm³/mol. The molecule has 0 radical (unpaired) electrons. The van der Waals surface area contributed by atoms with Gasteiger partial charge in [-0.3, -0.25) is 4.57 Å². The van der Waals surface area contributed by atoms with Crippen LogP contribution in [0.2, 0.25) is 0 Å². The third-order valence-electron chi connectivity index (χ3n) is 3.72. The van der Waals surface area contributed by atoms with Gasteiger partial charge in [0, 0.05) is 19.5 Å². The van der Waals surface area contributed by atoms with Crippen molar-refractivity contribution in [2.45, 2.75) is 38.8 Å². The van der Waals surface area contributed by atoms with Crippen LogP contribution in [-0.2, 0) is 19.5 Å². The van der Waals surface area contributed by atoms with E-state index in [-0.39, 0.29) is 0 Å². The standard InChI is InChI=1S/C15H20N4O/c1-20-13-8-6-12(7-9-13)11-16-15-18-17-14-5-3-2-4-10-19(14)15/h6-9H,2-5,10-11H2,1H3,(H,16,18). The molecule has 0 unspecified atom stereocenters. The quantitative estimate of drug-likeness (QED) is 0.929. The number of ether oxygens (including phenoxy) is 1. The second-order valence-corrected chi connectivity index (χ2v) is 5.10. The molecule has 5 heteroatoms. The third kappa shape index (κ3) is 2.76. The summed E-state index contributed by atoms with van der Waals surface area (Å²) in [6.07, 6.45) is 4.75. The van der Waals surface area contributed by atoms with Gasteiger partial charge in [-0.1, -0.05) is 18.6 Å². The first-order chi connectivity index (χ1) is 9.86. The van der Waals surface area contributed by atoms with Crippen molar-refractivity contribution in [1.29, 1.82) is 0 Å². The first kappa shape index (κ1) is 13.0. The molecule has 0 amide bonds. The molecule has 0 bridgehead atoms. The summed E-state index contributed by atoms with van der Waals surface area (Å²) >= 11 is 0. The molecule has 0 aliphatic carbocycles. The van der Waals surface area contributed by atoms with Crippen LogP contribution in [0.3, 0.4) is 0 Å². The first-order valence-electron chi connectivity index (χ1n) is 7.16. The molecule has 0 atom stereocenters. The smallest absolute Gasteiger partial charge is 0.224 e. The Bertz CT molecular complexity index is 562. The van der Waals surface area contributed by atoms with Crippen molar-refractivity contribution in [3.8, 4) is 5.75 Å². The maximum Gasteiger partial charge on any atom is 0.224 e. The first-order valence-corrected chi connectivity index (χ1v) is 7.16. The Hall–Kier alpha value is -2.04. The highest BCUT2D eigenvalue weighted by atomic mass is 16.5. The molecular weight excluding hydrogens is 252 g/mol. The Morgan fingerprint density at radius 3 is 2.80 bits per heavy atom. The number of aryl methyl sites for hydroxylation is 1. The molecule has 5 nitrogen and oxygen atoms in total. The van der Waals surface area contributed by atoms with Gasteiger partial charge < -0.3 is 10.1 Å². The van der Waals surface area contributed by atoms with E-state index in [2.05, 4.69) is 32.2 Å². The number of fused-ring (bicyclic) bond motifs is 1. The van der Waals surface area contributed by atoms with E-state index >= 15 is 0 Å². The highest BCUT2D eigenvalue weighted by molar-refractivity contribution is 5.32. The fourth-order valence-electron chi connectivity index (χ4n) is 2.54. The highest BCUT2D eigenvalue weighted by Gasteiger charge is 2.14. The lowest BCUT2D eigenvalue weighted by Crippen LogP contribution is -2.09. The van der Waals surface area contributed by atoms with Crippen molar-refractivity contribution >= 4 is 5.95 Å². The summed E-state index contributed by atoms with van der Waals surface area (Å²) in [6, 6.07) is 8.07. The van der Waals surface area contributed by atoms with Crippen LogP contribution in [0.5, 0.6) is 5.75 Å². The van der Waals surface area contributed by atoms with Crippen LogP contribution in [-0.4, -0.2) is 21.9 Å². The zero-order chi connectivity index (χ0) is 13.8. The number of anilines is 1. The van der Waals surface area contributed by atoms with Crippen molar-refractivity contribution in [2.24, 2.45) is 0 Å². The van der Waals surface area contributed by atoms with Gasteiger partial charge in [0.15, 0.2) is 0 Å². The number of hydrogen-bond donors (Lipinski definition) is 1. The molecule has 0 fully saturated rings. The molecule has 1 aromatic carbocycles. The summed E-state index contributed by atoms with van der Waals surface area (Å²) in [5, 5.41) is 11.9. The van der Waals surface area contributed by atoms with Crippen molar-refractivity contribution in [3.63, 3.8) is 0 Å². The lowest BCUT2D eigenvalue weighted by Gasteiger charge is -2.09. The minimum absolute atomic E-state index is 0.752. The molecule has 2 aromatic rings. The molecular formula is C15H20N4O. The van der Waals surface area contributed by atoms with E-state index in [0.717, 1.165) is 37.0 Å². The lowest BCUT2D eigenvalue weighted by molar-refractivity contribution is 0.414. The fraction of sp³-hybridized carbons (Fsp3) is 0.467. The van der Waals surface area contributed by atoms with E-state index in [0.29, 0.717) is 0 Å². The van der Waals surface area contributed by atoms with Crippen molar-refractivity contribution in [2.75, 3.05) is 12.4 Å². The lowest BCUT2D eigenvalue weighted by atomic mass is 10.2. The molecule has 106 valence electrons. The number of hydrogen-bond acceptors (Lipinski definition) is 4. The van der Waals surface area contributed by atoms with E-state index in [4.69, 9.17) is 4.74 Å². The van der Waals surface area contributed by atoms with Crippen LogP contribution < -0.4 is 10.1 Å². The van der Waals surface area contributed by atoms with E-state index in [9.17, 15) is 0 Å². The summed E-state index contributed by atoms with van der Waals surface area (Å²) in [6.45, 7) is 1.77. The number of rotatable bonds is 4. The SMILES string of the molecule is COc1ccc(CNc2nnc3n2CCCCC3)cc1. The highest BCUT2D eigenvalue weighted by Crippen LogP contribution is 2.18. The normalized spacial score (nSPS) is 14.4. The largest absolute Gasteiger partial charge is 0.497 e. The summed E-state index contributed by atoms with van der Waals surface area (Å²) in [5.41, 5.74) is 1.21. The summed E-state index contributed by atoms with van der Waals surface area (Å²) < 4.78 is 7.38. The van der Waals surface area contributed by atoms with E-state index in [1.54, 1.807) is 7.11 Å². The molecule has 0 spiro atoms. The van der Waals surface area contributed by atoms with Crippen LogP contribution in [0.1, 0.15) is 30.7 Å². The Morgan fingerprint density at radius 2 is 2.00 bits per heavy atom. The maximum atomic E-state index is 5.16. The van der Waals surface area contributed by atoms with Crippen LogP contribution in [0.25, 0.3) is 0 Å². The average Bonchev–Trinajstić information content (AvgIpc) is 2.72. The van der Waals surface area contributed by atoms with Crippen LogP contribution in [0, 0.1) is 0 Å². The monoisotopic (exact) mass is 272 g/mol. The second kappa shape index (κ2) is 5.94. The maximum absolute atomic E-state index is 5.16. The molecule has 2 heterocycles. The zero-order valence-corrected chi connectivity index (χ0v) is 11.8. The molecule has 3 rings (SSSR count). The van der Waals surface area contributed by atoms with Gasteiger partial charge in [-0.15, -0.1) is 10.2 Å². The number of benzene rings is 1. The van der Waals surface area contributed by atoms with Gasteiger partial charge in [0.1, 0.15) is 11.6 Å². The average molecular weight is 272 g/mol. The summed E-state index contributed by atoms with van der Waals surface area (Å²) in [7, 11) is 1.68. The Balaban J connectivity index is 1.67. The Labute approximate surface area is 119 Å². The van der Waals surface area contributed by atoms with E-state index in [1.165, 1.54) is 24.8 Å². The minimum atomic E-state index is 0.752. The molecule has 0 saturated carbocycles. The van der Waals surface area contributed by atoms with Gasteiger partial charge in [0.05, 0.1) is 7.11 Å². The zero-order valence-electron chi connectivity index (χ0n) is 11.8. The van der Waals surface area contributed by atoms with Gasteiger partial charge in [-0.05, 0) is 30.5 Å². The summed E-state index contributed by atoms with van der Waals surface area (Å²) in [4.78, 5) is 0. The van der Waals surface area contributed by atoms with E-state index in [1.807, 2.05) is 12.1 Å². The van der Waals surface area contributed by atoms with Crippen molar-refractivity contribution in [3.05, 3.63) is 35.7 Å². The summed E-state index contributed by atoms with van der Waals surface area (Å²) in [5.74, 6) is 2.88. The van der Waals surface area contributed by atoms with Crippen LogP contribution in [0.15, 0.2) is 24.3 Å². The number of aromatic nitrogens is 3. The minimum Gasteiger partial charge on any atom is -0.497 e. The molecule has 1 aromatic heterocycles.